The first-order chi connectivity index (χ1) is 9.08. The Morgan fingerprint density at radius 2 is 1.79 bits per heavy atom. The molecule has 0 aromatic carbocycles. The lowest BCUT2D eigenvalue weighted by molar-refractivity contribution is -0.126. The van der Waals surface area contributed by atoms with Crippen LogP contribution in [0.4, 0.5) is 0 Å². The first-order valence-electron chi connectivity index (χ1n) is 8.09. The van der Waals surface area contributed by atoms with Crippen molar-refractivity contribution in [1.29, 1.82) is 0 Å². The molecule has 0 aromatic rings. The number of carbonyl (C=O) groups is 1. The van der Waals surface area contributed by atoms with Gasteiger partial charge < -0.3 is 5.32 Å². The molecule has 0 saturated heterocycles. The molecule has 1 unspecified atom stereocenters. The number of likely N-dealkylation sites (N-methyl/N-ethyl adjacent to an activating group) is 1. The number of carbonyl (C=O) groups excluding carboxylic acids is 1. The summed E-state index contributed by atoms with van der Waals surface area (Å²) in [6.45, 7) is 7.35. The Kier molecular flexibility index (Phi) is 7.44. The number of rotatable bonds is 7. The molecule has 1 aliphatic rings. The smallest absolute Gasteiger partial charge is 0.237 e. The average Bonchev–Trinajstić information content (AvgIpc) is 2.44. The van der Waals surface area contributed by atoms with Gasteiger partial charge in [-0.25, -0.2) is 0 Å². The largest absolute Gasteiger partial charge is 0.352 e. The first kappa shape index (κ1) is 16.5. The van der Waals surface area contributed by atoms with E-state index in [0.29, 0.717) is 6.04 Å². The van der Waals surface area contributed by atoms with Crippen LogP contribution in [0.5, 0.6) is 0 Å². The van der Waals surface area contributed by atoms with Crippen molar-refractivity contribution < 1.29 is 4.79 Å². The fraction of sp³-hybridized carbons (Fsp3) is 0.938. The third-order valence-corrected chi connectivity index (χ3v) is 4.64. The van der Waals surface area contributed by atoms with Crippen LogP contribution < -0.4 is 5.32 Å². The Hall–Kier alpha value is -0.570. The predicted molar refractivity (Wildman–Crippen MR) is 81.2 cm³/mol. The van der Waals surface area contributed by atoms with Gasteiger partial charge in [0.05, 0.1) is 6.04 Å². The van der Waals surface area contributed by atoms with Gasteiger partial charge in [-0.2, -0.15) is 0 Å². The van der Waals surface area contributed by atoms with E-state index >= 15 is 0 Å². The van der Waals surface area contributed by atoms with E-state index in [0.717, 1.165) is 25.3 Å². The maximum absolute atomic E-state index is 12.2. The zero-order valence-corrected chi connectivity index (χ0v) is 13.2. The molecule has 1 saturated carbocycles. The number of nitrogens with one attached hydrogen (secondary N) is 1. The van der Waals surface area contributed by atoms with Crippen LogP contribution in [0.2, 0.25) is 0 Å². The van der Waals surface area contributed by atoms with Crippen molar-refractivity contribution in [1.82, 2.24) is 10.2 Å². The monoisotopic (exact) mass is 268 g/mol. The van der Waals surface area contributed by atoms with Crippen LogP contribution in [0, 0.1) is 5.92 Å². The lowest BCUT2D eigenvalue weighted by Crippen LogP contribution is -2.47. The van der Waals surface area contributed by atoms with Crippen LogP contribution in [-0.4, -0.2) is 36.5 Å². The van der Waals surface area contributed by atoms with Crippen LogP contribution >= 0.6 is 0 Å². The van der Waals surface area contributed by atoms with Crippen molar-refractivity contribution in [2.45, 2.75) is 77.8 Å². The molecule has 0 radical (unpaired) electrons. The number of amides is 1. The van der Waals surface area contributed by atoms with Gasteiger partial charge in [-0.05, 0) is 45.6 Å². The summed E-state index contributed by atoms with van der Waals surface area (Å²) < 4.78 is 0. The summed E-state index contributed by atoms with van der Waals surface area (Å²) in [6, 6.07) is 0.320. The minimum absolute atomic E-state index is 0.0115. The quantitative estimate of drug-likeness (QED) is 0.769. The second-order valence-electron chi connectivity index (χ2n) is 6.14. The Morgan fingerprint density at radius 3 is 2.32 bits per heavy atom. The van der Waals surface area contributed by atoms with E-state index in [4.69, 9.17) is 0 Å². The lowest BCUT2D eigenvalue weighted by Gasteiger charge is -2.31. The molecule has 3 heteroatoms. The van der Waals surface area contributed by atoms with Crippen molar-refractivity contribution >= 4 is 5.91 Å². The first-order valence-corrected chi connectivity index (χ1v) is 8.09. The molecule has 112 valence electrons. The van der Waals surface area contributed by atoms with Gasteiger partial charge in [0, 0.05) is 12.6 Å². The minimum atomic E-state index is -0.0115. The Balaban J connectivity index is 2.37. The Bertz CT molecular complexity index is 257. The third kappa shape index (κ3) is 5.52. The second kappa shape index (κ2) is 8.57. The van der Waals surface area contributed by atoms with Crippen molar-refractivity contribution in [3.63, 3.8) is 0 Å². The molecule has 1 rings (SSSR count). The summed E-state index contributed by atoms with van der Waals surface area (Å²) in [6.07, 6.45) is 8.84. The summed E-state index contributed by atoms with van der Waals surface area (Å²) in [7, 11) is 2.09. The fourth-order valence-corrected chi connectivity index (χ4v) is 2.95. The van der Waals surface area contributed by atoms with E-state index in [-0.39, 0.29) is 11.9 Å². The molecular weight excluding hydrogens is 236 g/mol. The second-order valence-corrected chi connectivity index (χ2v) is 6.14. The molecule has 3 nitrogen and oxygen atoms in total. The third-order valence-electron chi connectivity index (χ3n) is 4.64. The molecule has 0 aromatic heterocycles. The van der Waals surface area contributed by atoms with Crippen molar-refractivity contribution in [3.8, 4) is 0 Å². The van der Waals surface area contributed by atoms with Gasteiger partial charge in [-0.15, -0.1) is 0 Å². The van der Waals surface area contributed by atoms with Crippen molar-refractivity contribution in [3.05, 3.63) is 0 Å². The highest BCUT2D eigenvalue weighted by molar-refractivity contribution is 5.81. The number of nitrogens with zero attached hydrogens (tertiary/aromatic N) is 1. The van der Waals surface area contributed by atoms with E-state index < -0.39 is 0 Å². The molecule has 1 amide bonds. The highest BCUT2D eigenvalue weighted by atomic mass is 16.2. The maximum Gasteiger partial charge on any atom is 0.237 e. The Labute approximate surface area is 119 Å². The highest BCUT2D eigenvalue weighted by Crippen LogP contribution is 2.24. The molecule has 0 spiro atoms. The summed E-state index contributed by atoms with van der Waals surface area (Å²) in [4.78, 5) is 14.4. The Morgan fingerprint density at radius 1 is 1.21 bits per heavy atom. The molecule has 1 fully saturated rings. The predicted octanol–water partition coefficient (Wildman–Crippen LogP) is 3.19. The van der Waals surface area contributed by atoms with Crippen LogP contribution in [0.25, 0.3) is 0 Å². The molecule has 0 bridgehead atoms. The van der Waals surface area contributed by atoms with Gasteiger partial charge in [-0.3, -0.25) is 9.69 Å². The highest BCUT2D eigenvalue weighted by Gasteiger charge is 2.23. The van der Waals surface area contributed by atoms with E-state index in [1.54, 1.807) is 0 Å². The van der Waals surface area contributed by atoms with Gasteiger partial charge >= 0.3 is 0 Å². The lowest BCUT2D eigenvalue weighted by atomic mass is 9.89. The molecule has 0 heterocycles. The molecular formula is C16H32N2O. The summed E-state index contributed by atoms with van der Waals surface area (Å²) in [5.41, 5.74) is 0. The van der Waals surface area contributed by atoms with E-state index in [9.17, 15) is 4.79 Å². The molecule has 1 N–H and O–H groups in total. The number of hydrogen-bond acceptors (Lipinski definition) is 2. The van der Waals surface area contributed by atoms with E-state index in [2.05, 4.69) is 31.1 Å². The van der Waals surface area contributed by atoms with Gasteiger partial charge in [-0.1, -0.05) is 33.1 Å². The molecule has 19 heavy (non-hydrogen) atoms. The normalized spacial score (nSPS) is 18.8. The summed E-state index contributed by atoms with van der Waals surface area (Å²) >= 11 is 0. The minimum Gasteiger partial charge on any atom is -0.352 e. The summed E-state index contributed by atoms with van der Waals surface area (Å²) in [5.74, 6) is 0.981. The van der Waals surface area contributed by atoms with Gasteiger partial charge in [0.2, 0.25) is 5.91 Å². The zero-order chi connectivity index (χ0) is 14.3. The van der Waals surface area contributed by atoms with Crippen LogP contribution in [0.1, 0.15) is 65.7 Å². The topological polar surface area (TPSA) is 32.3 Å². The maximum atomic E-state index is 12.2. The van der Waals surface area contributed by atoms with Gasteiger partial charge in [0.15, 0.2) is 0 Å². The summed E-state index contributed by atoms with van der Waals surface area (Å²) in [5, 5.41) is 3.15. The zero-order valence-electron chi connectivity index (χ0n) is 13.2. The standard InChI is InChI=1S/C16H32N2O/c1-5-15(6-2)17-16(19)13(3)18(4)12-14-10-8-7-9-11-14/h13-15H,5-12H2,1-4H3,(H,17,19). The van der Waals surface area contributed by atoms with Gasteiger partial charge in [0.25, 0.3) is 0 Å². The fourth-order valence-electron chi connectivity index (χ4n) is 2.95. The van der Waals surface area contributed by atoms with E-state index in [1.807, 2.05) is 6.92 Å². The van der Waals surface area contributed by atoms with Crippen LogP contribution in [-0.2, 0) is 4.79 Å². The van der Waals surface area contributed by atoms with Gasteiger partial charge in [0.1, 0.15) is 0 Å². The number of hydrogen-bond donors (Lipinski definition) is 1. The van der Waals surface area contributed by atoms with Crippen molar-refractivity contribution in [2.75, 3.05) is 13.6 Å². The van der Waals surface area contributed by atoms with Crippen molar-refractivity contribution in [2.24, 2.45) is 5.92 Å². The molecule has 0 aliphatic heterocycles. The SMILES string of the molecule is CCC(CC)NC(=O)C(C)N(C)CC1CCCCC1. The van der Waals surface area contributed by atoms with Crippen LogP contribution in [0.3, 0.4) is 0 Å². The molecule has 1 atom stereocenters. The van der Waals surface area contributed by atoms with E-state index in [1.165, 1.54) is 32.1 Å². The average molecular weight is 268 g/mol. The van der Waals surface area contributed by atoms with Crippen LogP contribution in [0.15, 0.2) is 0 Å². The molecule has 1 aliphatic carbocycles.